The van der Waals surface area contributed by atoms with Gasteiger partial charge in [0.25, 0.3) is 0 Å². The Labute approximate surface area is 200 Å². The molecule has 3 N–H and O–H groups in total. The third-order valence-electron chi connectivity index (χ3n) is 4.56. The highest BCUT2D eigenvalue weighted by molar-refractivity contribution is 7.99. The Morgan fingerprint density at radius 3 is 2.21 bits per heavy atom. The average molecular weight is 488 g/mol. The summed E-state index contributed by atoms with van der Waals surface area (Å²) in [7, 11) is 4.57. The number of rotatable bonds is 10. The van der Waals surface area contributed by atoms with Crippen LogP contribution in [0.3, 0.4) is 0 Å². The van der Waals surface area contributed by atoms with E-state index in [0.717, 1.165) is 17.4 Å². The summed E-state index contributed by atoms with van der Waals surface area (Å²) < 4.78 is 23.7. The Morgan fingerprint density at radius 2 is 1.68 bits per heavy atom. The van der Waals surface area contributed by atoms with Gasteiger partial charge in [0.1, 0.15) is 5.75 Å². The first kappa shape index (κ1) is 24.7. The highest BCUT2D eigenvalue weighted by atomic mass is 32.2. The molecular weight excluding hydrogens is 462 g/mol. The molecule has 180 valence electrons. The van der Waals surface area contributed by atoms with Crippen LogP contribution in [-0.2, 0) is 4.79 Å². The lowest BCUT2D eigenvalue weighted by Crippen LogP contribution is -2.36. The predicted octanol–water partition coefficient (Wildman–Crippen LogP) is 2.65. The Morgan fingerprint density at radius 1 is 1.03 bits per heavy atom. The third-order valence-corrected chi connectivity index (χ3v) is 5.49. The first-order valence-electron chi connectivity index (χ1n) is 10.1. The van der Waals surface area contributed by atoms with E-state index in [9.17, 15) is 9.59 Å². The van der Waals surface area contributed by atoms with E-state index < -0.39 is 11.9 Å². The second-order valence-electron chi connectivity index (χ2n) is 6.68. The minimum Gasteiger partial charge on any atom is -0.494 e. The van der Waals surface area contributed by atoms with Crippen LogP contribution in [0, 0.1) is 0 Å². The number of nitrogens with two attached hydrogens (primary N) is 1. The molecule has 0 bridgehead atoms. The maximum atomic E-state index is 12.0. The van der Waals surface area contributed by atoms with Crippen molar-refractivity contribution in [1.82, 2.24) is 20.1 Å². The predicted molar refractivity (Wildman–Crippen MR) is 126 cm³/mol. The van der Waals surface area contributed by atoms with Crippen LogP contribution in [0.5, 0.6) is 23.0 Å². The van der Waals surface area contributed by atoms with Gasteiger partial charge >= 0.3 is 6.03 Å². The van der Waals surface area contributed by atoms with Gasteiger partial charge in [-0.15, -0.1) is 10.2 Å². The van der Waals surface area contributed by atoms with Crippen molar-refractivity contribution in [2.45, 2.75) is 12.1 Å². The van der Waals surface area contributed by atoms with Gasteiger partial charge in [-0.05, 0) is 43.3 Å². The molecule has 0 atom stereocenters. The van der Waals surface area contributed by atoms with Crippen LogP contribution >= 0.6 is 11.8 Å². The summed E-state index contributed by atoms with van der Waals surface area (Å²) >= 11 is 1.10. The standard InChI is InChI=1S/C22H25N5O6S/c1-5-33-15-8-6-14(7-9-15)27-20(25-26-22(27)34-12-18(28)24-21(23)29)13-10-16(30-2)19(32-4)17(11-13)31-3/h6-11H,5,12H2,1-4H3,(H3,23,24,28,29). The summed E-state index contributed by atoms with van der Waals surface area (Å²) in [6.07, 6.45) is 0. The van der Waals surface area contributed by atoms with Crippen LogP contribution in [-0.4, -0.2) is 60.4 Å². The number of carbonyl (C=O) groups excluding carboxylic acids is 2. The highest BCUT2D eigenvalue weighted by Crippen LogP contribution is 2.41. The zero-order valence-electron chi connectivity index (χ0n) is 19.2. The maximum absolute atomic E-state index is 12.0. The fraction of sp³-hybridized carbons (Fsp3) is 0.273. The minimum atomic E-state index is -0.920. The Kier molecular flexibility index (Phi) is 8.19. The lowest BCUT2D eigenvalue weighted by molar-refractivity contribution is -0.117. The number of carbonyl (C=O) groups is 2. The molecule has 1 aromatic heterocycles. The van der Waals surface area contributed by atoms with Gasteiger partial charge in [0.05, 0.1) is 33.7 Å². The molecule has 0 aliphatic heterocycles. The molecule has 0 saturated carbocycles. The Hall–Kier alpha value is -3.93. The lowest BCUT2D eigenvalue weighted by atomic mass is 10.1. The number of imide groups is 1. The van der Waals surface area contributed by atoms with Crippen molar-refractivity contribution in [3.8, 4) is 40.1 Å². The molecule has 0 fully saturated rings. The molecule has 0 aliphatic rings. The number of methoxy groups -OCH3 is 3. The summed E-state index contributed by atoms with van der Waals surface area (Å²) in [5.74, 6) is 1.89. The van der Waals surface area contributed by atoms with E-state index in [-0.39, 0.29) is 5.75 Å². The van der Waals surface area contributed by atoms with Crippen molar-refractivity contribution in [3.63, 3.8) is 0 Å². The molecule has 0 radical (unpaired) electrons. The molecule has 0 spiro atoms. The fourth-order valence-electron chi connectivity index (χ4n) is 3.16. The zero-order chi connectivity index (χ0) is 24.7. The molecule has 1 heterocycles. The monoisotopic (exact) mass is 487 g/mol. The minimum absolute atomic E-state index is 0.0899. The topological polar surface area (TPSA) is 140 Å². The number of hydrogen-bond acceptors (Lipinski definition) is 9. The molecular formula is C22H25N5O6S. The van der Waals surface area contributed by atoms with Gasteiger partial charge in [-0.2, -0.15) is 0 Å². The number of ether oxygens (including phenoxy) is 4. The molecule has 11 nitrogen and oxygen atoms in total. The van der Waals surface area contributed by atoms with Crippen LogP contribution in [0.2, 0.25) is 0 Å². The van der Waals surface area contributed by atoms with E-state index in [0.29, 0.717) is 46.1 Å². The number of hydrogen-bond donors (Lipinski definition) is 2. The van der Waals surface area contributed by atoms with Gasteiger partial charge in [0.15, 0.2) is 22.5 Å². The first-order chi connectivity index (χ1) is 16.4. The number of thioether (sulfide) groups is 1. The SMILES string of the molecule is CCOc1ccc(-n2c(SCC(=O)NC(N)=O)nnc2-c2cc(OC)c(OC)c(OC)c2)cc1. The van der Waals surface area contributed by atoms with Crippen molar-refractivity contribution < 1.29 is 28.5 Å². The molecule has 0 unspecified atom stereocenters. The molecule has 34 heavy (non-hydrogen) atoms. The highest BCUT2D eigenvalue weighted by Gasteiger charge is 2.21. The molecule has 0 saturated heterocycles. The van der Waals surface area contributed by atoms with Gasteiger partial charge in [-0.1, -0.05) is 11.8 Å². The first-order valence-corrected chi connectivity index (χ1v) is 11.1. The Bertz CT molecular complexity index is 1140. The van der Waals surface area contributed by atoms with Gasteiger partial charge in [-0.25, -0.2) is 4.79 Å². The molecule has 2 aromatic carbocycles. The summed E-state index contributed by atoms with van der Waals surface area (Å²) in [6, 6.07) is 9.94. The smallest absolute Gasteiger partial charge is 0.318 e. The van der Waals surface area contributed by atoms with Gasteiger partial charge in [-0.3, -0.25) is 14.7 Å². The normalized spacial score (nSPS) is 10.5. The van der Waals surface area contributed by atoms with Crippen LogP contribution < -0.4 is 30.0 Å². The summed E-state index contributed by atoms with van der Waals surface area (Å²) in [6.45, 7) is 2.45. The Balaban J connectivity index is 2.09. The maximum Gasteiger partial charge on any atom is 0.318 e. The number of nitrogens with zero attached hydrogens (tertiary/aromatic N) is 3. The van der Waals surface area contributed by atoms with E-state index >= 15 is 0 Å². The molecule has 12 heteroatoms. The number of amides is 3. The number of benzene rings is 2. The average Bonchev–Trinajstić information content (AvgIpc) is 3.26. The van der Waals surface area contributed by atoms with Gasteiger partial charge < -0.3 is 24.7 Å². The van der Waals surface area contributed by atoms with Gasteiger partial charge in [0.2, 0.25) is 11.7 Å². The van der Waals surface area contributed by atoms with Crippen LogP contribution in [0.15, 0.2) is 41.6 Å². The lowest BCUT2D eigenvalue weighted by Gasteiger charge is -2.15. The van der Waals surface area contributed by atoms with Crippen LogP contribution in [0.4, 0.5) is 4.79 Å². The molecule has 3 amide bonds. The number of aromatic nitrogens is 3. The molecule has 3 rings (SSSR count). The summed E-state index contributed by atoms with van der Waals surface area (Å²) in [5.41, 5.74) is 6.40. The van der Waals surface area contributed by atoms with E-state index in [1.54, 1.807) is 16.7 Å². The van der Waals surface area contributed by atoms with E-state index in [1.165, 1.54) is 21.3 Å². The molecule has 3 aromatic rings. The summed E-state index contributed by atoms with van der Waals surface area (Å²) in [4.78, 5) is 22.9. The van der Waals surface area contributed by atoms with Crippen molar-refractivity contribution in [2.24, 2.45) is 5.73 Å². The van der Waals surface area contributed by atoms with Crippen molar-refractivity contribution in [2.75, 3.05) is 33.7 Å². The van der Waals surface area contributed by atoms with E-state index in [4.69, 9.17) is 24.7 Å². The fourth-order valence-corrected chi connectivity index (χ4v) is 3.91. The largest absolute Gasteiger partial charge is 0.494 e. The number of primary amides is 1. The van der Waals surface area contributed by atoms with Crippen LogP contribution in [0.25, 0.3) is 17.1 Å². The zero-order valence-corrected chi connectivity index (χ0v) is 20.0. The number of urea groups is 1. The quantitative estimate of drug-likeness (QED) is 0.413. The van der Waals surface area contributed by atoms with E-state index in [1.807, 2.05) is 36.5 Å². The van der Waals surface area contributed by atoms with Crippen molar-refractivity contribution in [1.29, 1.82) is 0 Å². The second kappa shape index (κ2) is 11.3. The van der Waals surface area contributed by atoms with E-state index in [2.05, 4.69) is 10.2 Å². The number of nitrogens with one attached hydrogen (secondary N) is 1. The van der Waals surface area contributed by atoms with Gasteiger partial charge in [0, 0.05) is 11.3 Å². The van der Waals surface area contributed by atoms with Crippen LogP contribution in [0.1, 0.15) is 6.92 Å². The third kappa shape index (κ3) is 5.52. The summed E-state index contributed by atoms with van der Waals surface area (Å²) in [5, 5.41) is 11.1. The van der Waals surface area contributed by atoms with Crippen molar-refractivity contribution >= 4 is 23.7 Å². The second-order valence-corrected chi connectivity index (χ2v) is 7.63. The molecule has 0 aliphatic carbocycles. The van der Waals surface area contributed by atoms with Crippen molar-refractivity contribution in [3.05, 3.63) is 36.4 Å².